The van der Waals surface area contributed by atoms with E-state index in [1.807, 2.05) is 11.0 Å². The highest BCUT2D eigenvalue weighted by molar-refractivity contribution is 5.91. The number of fused-ring (bicyclic) bond motifs is 1. The van der Waals surface area contributed by atoms with Crippen LogP contribution in [-0.2, 0) is 9.59 Å². The summed E-state index contributed by atoms with van der Waals surface area (Å²) in [6.07, 6.45) is 13.1. The van der Waals surface area contributed by atoms with Gasteiger partial charge in [0.1, 0.15) is 11.8 Å². The van der Waals surface area contributed by atoms with Gasteiger partial charge < -0.3 is 19.5 Å². The SMILES string of the molecule is COc1ccc2[nH]cc(C3CCN(C(=O)C4CCCN4C(=O)C45CC6CC(CC(C6)C4)C5)CC3)c2c1. The summed E-state index contributed by atoms with van der Waals surface area (Å²) < 4.78 is 5.45. The van der Waals surface area contributed by atoms with Crippen molar-refractivity contribution >= 4 is 22.7 Å². The topological polar surface area (TPSA) is 65.6 Å². The Morgan fingerprint density at radius 3 is 2.33 bits per heavy atom. The number of methoxy groups -OCH3 is 1. The Labute approximate surface area is 213 Å². The lowest BCUT2D eigenvalue weighted by atomic mass is 9.49. The van der Waals surface area contributed by atoms with Gasteiger partial charge in [0.15, 0.2) is 0 Å². The van der Waals surface area contributed by atoms with E-state index in [4.69, 9.17) is 4.74 Å². The van der Waals surface area contributed by atoms with Gasteiger partial charge in [-0.05, 0) is 112 Å². The molecule has 4 aliphatic carbocycles. The summed E-state index contributed by atoms with van der Waals surface area (Å²) in [6, 6.07) is 5.94. The first kappa shape index (κ1) is 22.7. The molecule has 2 saturated heterocycles. The number of hydrogen-bond acceptors (Lipinski definition) is 3. The van der Waals surface area contributed by atoms with Crippen molar-refractivity contribution in [3.05, 3.63) is 30.0 Å². The molecule has 0 radical (unpaired) electrons. The molecule has 6 fully saturated rings. The first-order chi connectivity index (χ1) is 17.5. The van der Waals surface area contributed by atoms with Gasteiger partial charge in [0.25, 0.3) is 0 Å². The Bertz CT molecular complexity index is 1140. The Morgan fingerprint density at radius 2 is 1.67 bits per heavy atom. The molecule has 6 heteroatoms. The van der Waals surface area contributed by atoms with Crippen LogP contribution < -0.4 is 4.74 Å². The summed E-state index contributed by atoms with van der Waals surface area (Å²) in [5, 5.41) is 1.22. The van der Waals surface area contributed by atoms with Crippen molar-refractivity contribution < 1.29 is 14.3 Å². The van der Waals surface area contributed by atoms with Gasteiger partial charge >= 0.3 is 0 Å². The van der Waals surface area contributed by atoms with Crippen molar-refractivity contribution in [2.24, 2.45) is 23.2 Å². The number of aromatic nitrogens is 1. The summed E-state index contributed by atoms with van der Waals surface area (Å²) in [4.78, 5) is 35.3. The number of nitrogens with one attached hydrogen (secondary N) is 1. The van der Waals surface area contributed by atoms with E-state index in [1.165, 1.54) is 30.2 Å². The predicted octanol–water partition coefficient (Wildman–Crippen LogP) is 5.09. The van der Waals surface area contributed by atoms with Gasteiger partial charge in [0.2, 0.25) is 11.8 Å². The van der Waals surface area contributed by atoms with Crippen LogP contribution in [0.4, 0.5) is 0 Å². The van der Waals surface area contributed by atoms with E-state index >= 15 is 0 Å². The van der Waals surface area contributed by atoms with Crippen molar-refractivity contribution in [3.8, 4) is 5.75 Å². The average Bonchev–Trinajstić information content (AvgIpc) is 3.54. The maximum Gasteiger partial charge on any atom is 0.245 e. The number of benzene rings is 1. The Morgan fingerprint density at radius 1 is 0.972 bits per heavy atom. The fourth-order valence-corrected chi connectivity index (χ4v) is 9.15. The Kier molecular flexibility index (Phi) is 5.37. The minimum atomic E-state index is -0.237. The lowest BCUT2D eigenvalue weighted by molar-refractivity contribution is -0.162. The monoisotopic (exact) mass is 489 g/mol. The van der Waals surface area contributed by atoms with Crippen LogP contribution in [-0.4, -0.2) is 59.4 Å². The molecule has 36 heavy (non-hydrogen) atoms. The van der Waals surface area contributed by atoms with Crippen molar-refractivity contribution in [3.63, 3.8) is 0 Å². The largest absolute Gasteiger partial charge is 0.497 e. The van der Waals surface area contributed by atoms with Gasteiger partial charge in [-0.2, -0.15) is 0 Å². The minimum absolute atomic E-state index is 0.152. The summed E-state index contributed by atoms with van der Waals surface area (Å²) in [5.74, 6) is 4.09. The van der Waals surface area contributed by atoms with Gasteiger partial charge in [-0.25, -0.2) is 0 Å². The second-order valence-corrected chi connectivity index (χ2v) is 12.6. The standard InChI is InChI=1S/C30H39N3O3/c1-36-23-4-5-26-24(14-23)25(18-31-26)22-6-9-32(10-7-22)28(34)27-3-2-8-33(27)29(35)30-15-19-11-20(16-30)13-21(12-19)17-30/h4-5,14,18-22,27,31H,2-3,6-13,15-17H2,1H3. The fraction of sp³-hybridized carbons (Fsp3) is 0.667. The van der Waals surface area contributed by atoms with Crippen LogP contribution >= 0.6 is 0 Å². The molecule has 4 saturated carbocycles. The predicted molar refractivity (Wildman–Crippen MR) is 139 cm³/mol. The Balaban J connectivity index is 1.03. The first-order valence-electron chi connectivity index (χ1n) is 14.3. The van der Waals surface area contributed by atoms with E-state index in [0.29, 0.717) is 11.8 Å². The molecule has 4 bridgehead atoms. The summed E-state index contributed by atoms with van der Waals surface area (Å²) in [7, 11) is 1.71. The molecule has 2 amide bonds. The van der Waals surface area contributed by atoms with E-state index in [1.54, 1.807) is 7.11 Å². The highest BCUT2D eigenvalue weighted by atomic mass is 16.5. The lowest BCUT2D eigenvalue weighted by Crippen LogP contribution is -2.57. The third-order valence-electron chi connectivity index (χ3n) is 10.5. The number of likely N-dealkylation sites (tertiary alicyclic amines) is 2. The van der Waals surface area contributed by atoms with Gasteiger partial charge in [0.05, 0.1) is 12.5 Å². The minimum Gasteiger partial charge on any atom is -0.497 e. The lowest BCUT2D eigenvalue weighted by Gasteiger charge is -2.56. The molecule has 6 nitrogen and oxygen atoms in total. The van der Waals surface area contributed by atoms with Crippen molar-refractivity contribution in [2.45, 2.75) is 76.2 Å². The van der Waals surface area contributed by atoms with E-state index in [-0.39, 0.29) is 17.4 Å². The maximum absolute atomic E-state index is 14.0. The van der Waals surface area contributed by atoms with Gasteiger partial charge in [-0.3, -0.25) is 9.59 Å². The molecule has 2 aliphatic heterocycles. The molecule has 1 unspecified atom stereocenters. The number of aromatic amines is 1. The normalized spacial score (nSPS) is 34.0. The highest BCUT2D eigenvalue weighted by Gasteiger charge is 2.57. The number of carbonyl (C=O) groups excluding carboxylic acids is 2. The molecule has 1 aromatic heterocycles. The van der Waals surface area contributed by atoms with Crippen LogP contribution in [0.2, 0.25) is 0 Å². The van der Waals surface area contributed by atoms with Gasteiger partial charge in [-0.1, -0.05) is 0 Å². The molecule has 3 heterocycles. The van der Waals surface area contributed by atoms with Crippen LogP contribution in [0.1, 0.15) is 75.7 Å². The zero-order valence-corrected chi connectivity index (χ0v) is 21.5. The number of ether oxygens (including phenoxy) is 1. The fourth-order valence-electron chi connectivity index (χ4n) is 9.15. The van der Waals surface area contributed by atoms with Crippen LogP contribution in [0.5, 0.6) is 5.75 Å². The molecule has 8 rings (SSSR count). The van der Waals surface area contributed by atoms with Gasteiger partial charge in [0, 0.05) is 36.7 Å². The van der Waals surface area contributed by atoms with Crippen LogP contribution in [0.25, 0.3) is 10.9 Å². The van der Waals surface area contributed by atoms with Crippen LogP contribution in [0.3, 0.4) is 0 Å². The number of rotatable bonds is 4. The van der Waals surface area contributed by atoms with Crippen molar-refractivity contribution in [1.82, 2.24) is 14.8 Å². The molecule has 6 aliphatic rings. The number of piperidine rings is 1. The third kappa shape index (κ3) is 3.58. The van der Waals surface area contributed by atoms with Gasteiger partial charge in [-0.15, -0.1) is 0 Å². The average molecular weight is 490 g/mol. The molecule has 1 aromatic carbocycles. The molecule has 192 valence electrons. The van der Waals surface area contributed by atoms with Crippen molar-refractivity contribution in [1.29, 1.82) is 0 Å². The van der Waals surface area contributed by atoms with Crippen LogP contribution in [0, 0.1) is 23.2 Å². The van der Waals surface area contributed by atoms with Crippen molar-refractivity contribution in [2.75, 3.05) is 26.7 Å². The quantitative estimate of drug-likeness (QED) is 0.651. The molecular formula is C30H39N3O3. The molecule has 2 aromatic rings. The maximum atomic E-state index is 14.0. The molecule has 1 atom stereocenters. The number of nitrogens with zero attached hydrogens (tertiary/aromatic N) is 2. The second kappa shape index (κ2) is 8.53. The molecule has 1 N–H and O–H groups in total. The third-order valence-corrected chi connectivity index (χ3v) is 10.5. The zero-order chi connectivity index (χ0) is 24.4. The highest BCUT2D eigenvalue weighted by Crippen LogP contribution is 2.60. The zero-order valence-electron chi connectivity index (χ0n) is 21.5. The van der Waals surface area contributed by atoms with E-state index in [2.05, 4.69) is 28.2 Å². The van der Waals surface area contributed by atoms with Crippen LogP contribution in [0.15, 0.2) is 24.4 Å². The van der Waals surface area contributed by atoms with E-state index in [0.717, 1.165) is 93.6 Å². The molecule has 0 spiro atoms. The number of H-pyrrole nitrogens is 1. The summed E-state index contributed by atoms with van der Waals surface area (Å²) >= 11 is 0. The van der Waals surface area contributed by atoms with E-state index in [9.17, 15) is 9.59 Å². The van der Waals surface area contributed by atoms with E-state index < -0.39 is 0 Å². The number of amides is 2. The number of carbonyl (C=O) groups is 2. The first-order valence-corrected chi connectivity index (χ1v) is 14.3. The summed E-state index contributed by atoms with van der Waals surface area (Å²) in [6.45, 7) is 2.32. The molecular weight excluding hydrogens is 450 g/mol. The summed E-state index contributed by atoms with van der Waals surface area (Å²) in [5.41, 5.74) is 2.31. The smallest absolute Gasteiger partial charge is 0.245 e. The Hall–Kier alpha value is -2.50. The number of hydrogen-bond donors (Lipinski definition) is 1. The second-order valence-electron chi connectivity index (χ2n) is 12.6.